The van der Waals surface area contributed by atoms with Gasteiger partial charge in [-0.15, -0.1) is 0 Å². The fraction of sp³-hybridized carbons (Fsp3) is 0.722. The Bertz CT molecular complexity index is 650. The zero-order chi connectivity index (χ0) is 17.2. The van der Waals surface area contributed by atoms with Gasteiger partial charge >= 0.3 is 0 Å². The molecule has 1 atom stereocenters. The number of halogens is 1. The van der Waals surface area contributed by atoms with Gasteiger partial charge in [-0.2, -0.15) is 0 Å². The standard InChI is InChI=1S/C18H28ClN5O/c19-18-16-17(13-4-2-1-3-5-14(13)21-18)24(15(12-25)22-16)11-10-23-8-6-20-7-9-23/h18,20-21,25H,1-12H2. The summed E-state index contributed by atoms with van der Waals surface area (Å²) in [6.45, 7) is 6.08. The van der Waals surface area contributed by atoms with Crippen LogP contribution in [0, 0.1) is 0 Å². The van der Waals surface area contributed by atoms with Crippen molar-refractivity contribution < 1.29 is 5.11 Å². The van der Waals surface area contributed by atoms with Crippen LogP contribution in [0.25, 0.3) is 5.57 Å². The van der Waals surface area contributed by atoms with Crippen LogP contribution in [0.1, 0.15) is 54.8 Å². The Labute approximate surface area is 154 Å². The molecule has 1 saturated heterocycles. The summed E-state index contributed by atoms with van der Waals surface area (Å²) in [7, 11) is 0. The SMILES string of the molecule is OCc1nc2c(n1CCN1CCNCC1)C1=C(CCCCC1)NC2Cl. The van der Waals surface area contributed by atoms with Crippen LogP contribution in [0.2, 0.25) is 0 Å². The van der Waals surface area contributed by atoms with Gasteiger partial charge in [0.1, 0.15) is 23.6 Å². The van der Waals surface area contributed by atoms with Gasteiger partial charge in [-0.3, -0.25) is 4.90 Å². The van der Waals surface area contributed by atoms with Gasteiger partial charge in [0.25, 0.3) is 0 Å². The fourth-order valence-corrected chi connectivity index (χ4v) is 4.56. The topological polar surface area (TPSA) is 65.4 Å². The number of aromatic nitrogens is 2. The molecule has 6 nitrogen and oxygen atoms in total. The zero-order valence-electron chi connectivity index (χ0n) is 14.7. The molecular formula is C18H28ClN5O. The molecule has 4 rings (SSSR count). The third kappa shape index (κ3) is 3.45. The maximum Gasteiger partial charge on any atom is 0.146 e. The smallest absolute Gasteiger partial charge is 0.146 e. The molecule has 3 N–H and O–H groups in total. The van der Waals surface area contributed by atoms with Crippen molar-refractivity contribution in [2.75, 3.05) is 32.7 Å². The Morgan fingerprint density at radius 3 is 2.72 bits per heavy atom. The molecular weight excluding hydrogens is 338 g/mol. The van der Waals surface area contributed by atoms with Crippen molar-refractivity contribution in [3.63, 3.8) is 0 Å². The zero-order valence-corrected chi connectivity index (χ0v) is 15.5. The molecule has 3 aliphatic rings. The summed E-state index contributed by atoms with van der Waals surface area (Å²) in [6, 6.07) is 0. The quantitative estimate of drug-likeness (QED) is 0.561. The number of allylic oxidation sites excluding steroid dienone is 2. The van der Waals surface area contributed by atoms with Crippen LogP contribution in [-0.4, -0.2) is 52.3 Å². The second-order valence-electron chi connectivity index (χ2n) is 7.19. The average Bonchev–Trinajstić information content (AvgIpc) is 2.86. The summed E-state index contributed by atoms with van der Waals surface area (Å²) in [6.07, 6.45) is 5.83. The van der Waals surface area contributed by atoms with E-state index in [2.05, 4.69) is 25.1 Å². The third-order valence-electron chi connectivity index (χ3n) is 5.61. The first-order valence-electron chi connectivity index (χ1n) is 9.54. The number of nitrogens with one attached hydrogen (secondary N) is 2. The Morgan fingerprint density at radius 2 is 1.92 bits per heavy atom. The Morgan fingerprint density at radius 1 is 1.12 bits per heavy atom. The molecule has 1 aromatic rings. The van der Waals surface area contributed by atoms with Gasteiger partial charge in [0.05, 0.1) is 5.69 Å². The number of hydrogen-bond acceptors (Lipinski definition) is 5. The monoisotopic (exact) mass is 365 g/mol. The number of imidazole rings is 1. The largest absolute Gasteiger partial charge is 0.388 e. The maximum absolute atomic E-state index is 9.86. The lowest BCUT2D eigenvalue weighted by atomic mass is 9.99. The van der Waals surface area contributed by atoms with Crippen molar-refractivity contribution >= 4 is 17.2 Å². The first-order chi connectivity index (χ1) is 12.3. The predicted molar refractivity (Wildman–Crippen MR) is 99.2 cm³/mol. The highest BCUT2D eigenvalue weighted by atomic mass is 35.5. The van der Waals surface area contributed by atoms with E-state index in [0.29, 0.717) is 0 Å². The first kappa shape index (κ1) is 17.3. The van der Waals surface area contributed by atoms with Gasteiger partial charge in [-0.05, 0) is 31.3 Å². The molecule has 0 bridgehead atoms. The van der Waals surface area contributed by atoms with Crippen LogP contribution in [0.5, 0.6) is 0 Å². The molecule has 1 aliphatic carbocycles. The molecule has 1 unspecified atom stereocenters. The van der Waals surface area contributed by atoms with Gasteiger partial charge in [-0.1, -0.05) is 18.0 Å². The average molecular weight is 366 g/mol. The van der Waals surface area contributed by atoms with Crippen LogP contribution in [0.15, 0.2) is 5.70 Å². The van der Waals surface area contributed by atoms with Gasteiger partial charge < -0.3 is 20.3 Å². The van der Waals surface area contributed by atoms with Gasteiger partial charge in [0.15, 0.2) is 0 Å². The number of nitrogens with zero attached hydrogens (tertiary/aromatic N) is 3. The van der Waals surface area contributed by atoms with Crippen molar-refractivity contribution in [3.05, 3.63) is 22.9 Å². The summed E-state index contributed by atoms with van der Waals surface area (Å²) in [4.78, 5) is 7.17. The minimum Gasteiger partial charge on any atom is -0.388 e. The van der Waals surface area contributed by atoms with Crippen LogP contribution >= 0.6 is 11.6 Å². The summed E-state index contributed by atoms with van der Waals surface area (Å²) >= 11 is 6.59. The number of aliphatic hydroxyl groups excluding tert-OH is 1. The molecule has 7 heteroatoms. The first-order valence-corrected chi connectivity index (χ1v) is 9.98. The molecule has 0 saturated carbocycles. The van der Waals surface area contributed by atoms with Crippen molar-refractivity contribution in [1.29, 1.82) is 0 Å². The van der Waals surface area contributed by atoms with Gasteiger partial charge in [-0.25, -0.2) is 4.98 Å². The van der Waals surface area contributed by atoms with E-state index in [1.54, 1.807) is 0 Å². The highest BCUT2D eigenvalue weighted by Crippen LogP contribution is 2.40. The van der Waals surface area contributed by atoms with Crippen molar-refractivity contribution in [2.45, 2.75) is 50.8 Å². The molecule has 0 spiro atoms. The Kier molecular flexibility index (Phi) is 5.31. The lowest BCUT2D eigenvalue weighted by molar-refractivity contribution is 0.224. The number of hydrogen-bond donors (Lipinski definition) is 3. The van der Waals surface area contributed by atoms with Crippen molar-refractivity contribution in [2.24, 2.45) is 0 Å². The minimum absolute atomic E-state index is 0.0409. The lowest BCUT2D eigenvalue weighted by Gasteiger charge is -2.29. The van der Waals surface area contributed by atoms with E-state index in [0.717, 1.165) is 63.6 Å². The fourth-order valence-electron chi connectivity index (χ4n) is 4.28. The summed E-state index contributed by atoms with van der Waals surface area (Å²) in [5.74, 6) is 0.741. The summed E-state index contributed by atoms with van der Waals surface area (Å²) in [5.41, 5.74) is 4.44. The minimum atomic E-state index is -0.294. The molecule has 138 valence electrons. The van der Waals surface area contributed by atoms with Crippen molar-refractivity contribution in [3.8, 4) is 0 Å². The Hall–Kier alpha value is -1.08. The second kappa shape index (κ2) is 7.66. The van der Waals surface area contributed by atoms with E-state index in [9.17, 15) is 5.11 Å². The molecule has 0 amide bonds. The molecule has 1 fully saturated rings. The van der Waals surface area contributed by atoms with Gasteiger partial charge in [0.2, 0.25) is 0 Å². The molecule has 0 radical (unpaired) electrons. The second-order valence-corrected chi connectivity index (χ2v) is 7.62. The van der Waals surface area contributed by atoms with E-state index in [1.165, 1.54) is 36.2 Å². The van der Waals surface area contributed by atoms with Gasteiger partial charge in [0, 0.05) is 45.0 Å². The lowest BCUT2D eigenvalue weighted by Crippen LogP contribution is -2.44. The Balaban J connectivity index is 1.65. The van der Waals surface area contributed by atoms with Crippen molar-refractivity contribution in [1.82, 2.24) is 25.1 Å². The number of alkyl halides is 1. The number of fused-ring (bicyclic) bond motifs is 2. The summed E-state index contributed by atoms with van der Waals surface area (Å²) in [5, 5.41) is 16.7. The third-order valence-corrected chi connectivity index (χ3v) is 5.92. The number of piperazine rings is 1. The van der Waals surface area contributed by atoms with Crippen LogP contribution in [0.4, 0.5) is 0 Å². The maximum atomic E-state index is 9.86. The predicted octanol–water partition coefficient (Wildman–Crippen LogP) is 1.80. The van der Waals surface area contributed by atoms with E-state index in [4.69, 9.17) is 11.6 Å². The molecule has 1 aromatic heterocycles. The highest BCUT2D eigenvalue weighted by Gasteiger charge is 2.31. The van der Waals surface area contributed by atoms with Crippen LogP contribution in [-0.2, 0) is 13.2 Å². The normalized spacial score (nSPS) is 24.5. The molecule has 0 aromatic carbocycles. The molecule has 25 heavy (non-hydrogen) atoms. The molecule has 3 heterocycles. The molecule has 2 aliphatic heterocycles. The number of rotatable bonds is 4. The number of aliphatic hydroxyl groups is 1. The summed E-state index contributed by atoms with van der Waals surface area (Å²) < 4.78 is 2.23. The van der Waals surface area contributed by atoms with E-state index < -0.39 is 0 Å². The van der Waals surface area contributed by atoms with E-state index in [-0.39, 0.29) is 12.1 Å². The van der Waals surface area contributed by atoms with Crippen LogP contribution < -0.4 is 10.6 Å². The van der Waals surface area contributed by atoms with E-state index >= 15 is 0 Å². The highest BCUT2D eigenvalue weighted by molar-refractivity contribution is 6.21. The van der Waals surface area contributed by atoms with E-state index in [1.807, 2.05) is 0 Å². The van der Waals surface area contributed by atoms with Crippen LogP contribution in [0.3, 0.4) is 0 Å².